The largest absolute Gasteiger partial charge is 0.376 e. The SMILES string of the molecule is CCCC(=O)Nc1ccc(CNC(=NC)NCC2CCCO2)cc1. The number of amides is 1. The summed E-state index contributed by atoms with van der Waals surface area (Å²) in [7, 11) is 1.76. The second-order valence-corrected chi connectivity index (χ2v) is 5.94. The molecule has 24 heavy (non-hydrogen) atoms. The predicted octanol–water partition coefficient (Wildman–Crippen LogP) is 2.27. The zero-order chi connectivity index (χ0) is 17.2. The fourth-order valence-electron chi connectivity index (χ4n) is 2.58. The summed E-state index contributed by atoms with van der Waals surface area (Å²) in [6.45, 7) is 4.31. The van der Waals surface area contributed by atoms with Gasteiger partial charge in [0.2, 0.25) is 5.91 Å². The molecule has 3 N–H and O–H groups in total. The van der Waals surface area contributed by atoms with E-state index in [4.69, 9.17) is 4.74 Å². The molecule has 1 atom stereocenters. The van der Waals surface area contributed by atoms with Gasteiger partial charge in [-0.1, -0.05) is 19.1 Å². The van der Waals surface area contributed by atoms with Crippen molar-refractivity contribution in [1.82, 2.24) is 10.6 Å². The van der Waals surface area contributed by atoms with Crippen molar-refractivity contribution < 1.29 is 9.53 Å². The van der Waals surface area contributed by atoms with Crippen molar-refractivity contribution in [3.05, 3.63) is 29.8 Å². The molecule has 132 valence electrons. The smallest absolute Gasteiger partial charge is 0.224 e. The molecule has 1 aromatic carbocycles. The van der Waals surface area contributed by atoms with Crippen LogP contribution in [0, 0.1) is 0 Å². The van der Waals surface area contributed by atoms with Gasteiger partial charge in [-0.3, -0.25) is 9.79 Å². The van der Waals surface area contributed by atoms with Crippen LogP contribution in [0.15, 0.2) is 29.3 Å². The molecule has 1 saturated heterocycles. The molecule has 1 aliphatic rings. The molecule has 6 heteroatoms. The first kappa shape index (κ1) is 18.3. The van der Waals surface area contributed by atoms with Crippen LogP contribution in [0.1, 0.15) is 38.2 Å². The minimum atomic E-state index is 0.0575. The van der Waals surface area contributed by atoms with Crippen LogP contribution in [-0.4, -0.2) is 38.2 Å². The molecular formula is C18H28N4O2. The Hall–Kier alpha value is -2.08. The number of nitrogens with one attached hydrogen (secondary N) is 3. The lowest BCUT2D eigenvalue weighted by Crippen LogP contribution is -2.40. The van der Waals surface area contributed by atoms with E-state index in [9.17, 15) is 4.79 Å². The molecule has 0 saturated carbocycles. The highest BCUT2D eigenvalue weighted by Gasteiger charge is 2.15. The number of benzene rings is 1. The zero-order valence-corrected chi connectivity index (χ0v) is 14.6. The van der Waals surface area contributed by atoms with Crippen LogP contribution >= 0.6 is 0 Å². The maximum atomic E-state index is 11.6. The third-order valence-electron chi connectivity index (χ3n) is 3.92. The number of nitrogens with zero attached hydrogens (tertiary/aromatic N) is 1. The van der Waals surface area contributed by atoms with Crippen LogP contribution in [0.3, 0.4) is 0 Å². The van der Waals surface area contributed by atoms with Crippen LogP contribution in [-0.2, 0) is 16.1 Å². The average Bonchev–Trinajstić information content (AvgIpc) is 3.10. The Kier molecular flexibility index (Phi) is 7.55. The topological polar surface area (TPSA) is 74.8 Å². The normalized spacial score (nSPS) is 17.6. The highest BCUT2D eigenvalue weighted by atomic mass is 16.5. The summed E-state index contributed by atoms with van der Waals surface area (Å²) in [5.74, 6) is 0.827. The van der Waals surface area contributed by atoms with Crippen molar-refractivity contribution in [3.63, 3.8) is 0 Å². The van der Waals surface area contributed by atoms with E-state index >= 15 is 0 Å². The van der Waals surface area contributed by atoms with Gasteiger partial charge < -0.3 is 20.7 Å². The van der Waals surface area contributed by atoms with E-state index in [0.29, 0.717) is 13.0 Å². The number of carbonyl (C=O) groups excluding carboxylic acids is 1. The fraction of sp³-hybridized carbons (Fsp3) is 0.556. The number of hydrogen-bond donors (Lipinski definition) is 3. The maximum Gasteiger partial charge on any atom is 0.224 e. The van der Waals surface area contributed by atoms with Crippen LogP contribution in [0.4, 0.5) is 5.69 Å². The van der Waals surface area contributed by atoms with Crippen LogP contribution in [0.2, 0.25) is 0 Å². The van der Waals surface area contributed by atoms with Crippen molar-refractivity contribution in [2.24, 2.45) is 4.99 Å². The molecule has 0 spiro atoms. The lowest BCUT2D eigenvalue weighted by molar-refractivity contribution is -0.116. The second-order valence-electron chi connectivity index (χ2n) is 5.94. The zero-order valence-electron chi connectivity index (χ0n) is 14.6. The molecule has 1 heterocycles. The Bertz CT molecular complexity index is 536. The number of rotatable bonds is 7. The summed E-state index contributed by atoms with van der Waals surface area (Å²) < 4.78 is 5.59. The minimum Gasteiger partial charge on any atom is -0.376 e. The van der Waals surface area contributed by atoms with Gasteiger partial charge in [0.1, 0.15) is 0 Å². The first-order chi connectivity index (χ1) is 11.7. The van der Waals surface area contributed by atoms with Gasteiger partial charge in [0, 0.05) is 38.9 Å². The first-order valence-corrected chi connectivity index (χ1v) is 8.66. The monoisotopic (exact) mass is 332 g/mol. The van der Waals surface area contributed by atoms with E-state index in [2.05, 4.69) is 20.9 Å². The fourth-order valence-corrected chi connectivity index (χ4v) is 2.58. The Morgan fingerprint density at radius 3 is 2.71 bits per heavy atom. The number of aliphatic imine (C=N–C) groups is 1. The number of ether oxygens (including phenoxy) is 1. The van der Waals surface area contributed by atoms with Gasteiger partial charge >= 0.3 is 0 Å². The van der Waals surface area contributed by atoms with E-state index in [1.54, 1.807) is 7.05 Å². The molecule has 0 radical (unpaired) electrons. The lowest BCUT2D eigenvalue weighted by Gasteiger charge is -2.15. The number of carbonyl (C=O) groups is 1. The highest BCUT2D eigenvalue weighted by molar-refractivity contribution is 5.90. The second kappa shape index (κ2) is 9.93. The quantitative estimate of drug-likeness (QED) is 0.529. The Morgan fingerprint density at radius 1 is 1.29 bits per heavy atom. The van der Waals surface area contributed by atoms with E-state index in [-0.39, 0.29) is 12.0 Å². The molecule has 1 aliphatic heterocycles. The van der Waals surface area contributed by atoms with Crippen molar-refractivity contribution in [1.29, 1.82) is 0 Å². The third-order valence-corrected chi connectivity index (χ3v) is 3.92. The van der Waals surface area contributed by atoms with Gasteiger partial charge in [0.25, 0.3) is 0 Å². The molecule has 1 fully saturated rings. The molecule has 1 unspecified atom stereocenters. The van der Waals surface area contributed by atoms with Crippen LogP contribution in [0.25, 0.3) is 0 Å². The summed E-state index contributed by atoms with van der Waals surface area (Å²) in [6.07, 6.45) is 3.94. The summed E-state index contributed by atoms with van der Waals surface area (Å²) in [4.78, 5) is 15.8. The van der Waals surface area contributed by atoms with E-state index in [1.807, 2.05) is 31.2 Å². The predicted molar refractivity (Wildman–Crippen MR) is 97.2 cm³/mol. The van der Waals surface area contributed by atoms with Crippen LogP contribution < -0.4 is 16.0 Å². The molecule has 2 rings (SSSR count). The summed E-state index contributed by atoms with van der Waals surface area (Å²) in [6, 6.07) is 7.85. The van der Waals surface area contributed by atoms with E-state index in [1.165, 1.54) is 0 Å². The third kappa shape index (κ3) is 6.20. The number of hydrogen-bond acceptors (Lipinski definition) is 3. The molecule has 1 aromatic rings. The standard InChI is InChI=1S/C18H28N4O2/c1-3-5-17(23)22-15-9-7-14(8-10-15)12-20-18(19-2)21-13-16-6-4-11-24-16/h7-10,16H,3-6,11-13H2,1-2H3,(H,22,23)(H2,19,20,21). The average molecular weight is 332 g/mol. The first-order valence-electron chi connectivity index (χ1n) is 8.66. The maximum absolute atomic E-state index is 11.6. The van der Waals surface area contributed by atoms with Crippen LogP contribution in [0.5, 0.6) is 0 Å². The van der Waals surface area contributed by atoms with Gasteiger partial charge in [-0.05, 0) is 37.0 Å². The van der Waals surface area contributed by atoms with Crippen molar-refractivity contribution in [3.8, 4) is 0 Å². The summed E-state index contributed by atoms with van der Waals surface area (Å²) in [5.41, 5.74) is 1.96. The molecule has 0 aromatic heterocycles. The summed E-state index contributed by atoms with van der Waals surface area (Å²) in [5, 5.41) is 9.46. The van der Waals surface area contributed by atoms with Crippen molar-refractivity contribution in [2.75, 3.05) is 25.5 Å². The highest BCUT2D eigenvalue weighted by Crippen LogP contribution is 2.11. The molecule has 0 bridgehead atoms. The van der Waals surface area contributed by atoms with Crippen molar-refractivity contribution in [2.45, 2.75) is 45.3 Å². The molecule has 1 amide bonds. The van der Waals surface area contributed by atoms with Gasteiger partial charge in [0.15, 0.2) is 5.96 Å². The molecule has 0 aliphatic carbocycles. The summed E-state index contributed by atoms with van der Waals surface area (Å²) >= 11 is 0. The minimum absolute atomic E-state index is 0.0575. The lowest BCUT2D eigenvalue weighted by atomic mass is 10.2. The van der Waals surface area contributed by atoms with Gasteiger partial charge in [-0.15, -0.1) is 0 Å². The van der Waals surface area contributed by atoms with E-state index in [0.717, 1.165) is 49.6 Å². The Morgan fingerprint density at radius 2 is 2.08 bits per heavy atom. The Labute approximate surface area is 144 Å². The Balaban J connectivity index is 1.74. The number of anilines is 1. The number of guanidine groups is 1. The van der Waals surface area contributed by atoms with Gasteiger partial charge in [-0.25, -0.2) is 0 Å². The van der Waals surface area contributed by atoms with Crippen molar-refractivity contribution >= 4 is 17.6 Å². The van der Waals surface area contributed by atoms with E-state index < -0.39 is 0 Å². The molecule has 6 nitrogen and oxygen atoms in total. The molecular weight excluding hydrogens is 304 g/mol. The van der Waals surface area contributed by atoms with Gasteiger partial charge in [0.05, 0.1) is 6.10 Å². The van der Waals surface area contributed by atoms with Gasteiger partial charge in [-0.2, -0.15) is 0 Å².